The Labute approximate surface area is 71.7 Å². The summed E-state index contributed by atoms with van der Waals surface area (Å²) in [5.41, 5.74) is 0. The molecular weight excluding hydrogens is 251 g/mol. The molecule has 0 aromatic heterocycles. The molecule has 1 N–H and O–H groups in total. The van der Waals surface area contributed by atoms with Crippen LogP contribution in [0.15, 0.2) is 0 Å². The third kappa shape index (κ3) is 5.80. The molecule has 0 rings (SSSR count). The van der Waals surface area contributed by atoms with Crippen LogP contribution >= 0.6 is 22.6 Å². The first-order valence-corrected chi connectivity index (χ1v) is 4.12. The van der Waals surface area contributed by atoms with Crippen molar-refractivity contribution in [3.8, 4) is 0 Å². The lowest BCUT2D eigenvalue weighted by atomic mass is 10.3. The van der Waals surface area contributed by atoms with Gasteiger partial charge in [0.2, 0.25) is 0 Å². The summed E-state index contributed by atoms with van der Waals surface area (Å²) in [6.45, 7) is 0. The number of carboxylic acid groups (broad SMARTS) is 1. The number of alkyl halides is 1. The van der Waals surface area contributed by atoms with Crippen molar-refractivity contribution >= 4 is 34.5 Å². The average molecular weight is 258 g/mol. The molecule has 0 aliphatic carbocycles. The summed E-state index contributed by atoms with van der Waals surface area (Å²) in [5, 5.41) is 8.12. The van der Waals surface area contributed by atoms with Gasteiger partial charge >= 0.3 is 11.9 Å². The molecule has 0 saturated heterocycles. The number of hydrogen-bond acceptors (Lipinski definition) is 3. The molecule has 0 aromatic rings. The van der Waals surface area contributed by atoms with E-state index in [1.807, 2.05) is 22.6 Å². The molecule has 0 bridgehead atoms. The zero-order valence-corrected chi connectivity index (χ0v) is 7.33. The van der Waals surface area contributed by atoms with Crippen LogP contribution in [-0.4, -0.2) is 21.7 Å². The van der Waals surface area contributed by atoms with Crippen LogP contribution in [0.4, 0.5) is 0 Å². The van der Waals surface area contributed by atoms with Crippen molar-refractivity contribution in [2.45, 2.75) is 12.8 Å². The van der Waals surface area contributed by atoms with Gasteiger partial charge in [-0.15, -0.1) is 0 Å². The monoisotopic (exact) mass is 258 g/mol. The van der Waals surface area contributed by atoms with Crippen molar-refractivity contribution < 1.29 is 19.4 Å². The van der Waals surface area contributed by atoms with E-state index in [9.17, 15) is 9.59 Å². The second kappa shape index (κ2) is 5.45. The van der Waals surface area contributed by atoms with Gasteiger partial charge in [-0.25, -0.2) is 0 Å². The van der Waals surface area contributed by atoms with Gasteiger partial charge in [-0.3, -0.25) is 9.59 Å². The molecule has 0 heterocycles. The van der Waals surface area contributed by atoms with Crippen LogP contribution in [0.1, 0.15) is 12.8 Å². The van der Waals surface area contributed by atoms with E-state index < -0.39 is 11.9 Å². The van der Waals surface area contributed by atoms with E-state index in [1.165, 1.54) is 0 Å². The number of hydrogen-bond donors (Lipinski definition) is 1. The van der Waals surface area contributed by atoms with E-state index in [1.54, 1.807) is 0 Å². The highest BCUT2D eigenvalue weighted by molar-refractivity contribution is 14.1. The van der Waals surface area contributed by atoms with Crippen LogP contribution in [0.5, 0.6) is 0 Å². The number of ether oxygens (including phenoxy) is 1. The first-order valence-electron chi connectivity index (χ1n) is 2.60. The highest BCUT2D eigenvalue weighted by atomic mass is 127. The van der Waals surface area contributed by atoms with Gasteiger partial charge in [0.15, 0.2) is 0 Å². The normalized spacial score (nSPS) is 8.90. The van der Waals surface area contributed by atoms with Gasteiger partial charge in [0.25, 0.3) is 0 Å². The van der Waals surface area contributed by atoms with Gasteiger partial charge in [-0.1, -0.05) is 0 Å². The Morgan fingerprint density at radius 1 is 1.40 bits per heavy atom. The second-order valence-corrected chi connectivity index (χ2v) is 2.14. The predicted molar refractivity (Wildman–Crippen MR) is 41.8 cm³/mol. The molecule has 0 radical (unpaired) electrons. The zero-order valence-electron chi connectivity index (χ0n) is 5.17. The van der Waals surface area contributed by atoms with Crippen LogP contribution < -0.4 is 0 Å². The summed E-state index contributed by atoms with van der Waals surface area (Å²) in [7, 11) is 0. The Morgan fingerprint density at radius 2 is 2.00 bits per heavy atom. The first kappa shape index (κ1) is 9.67. The summed E-state index contributed by atoms with van der Waals surface area (Å²) in [4.78, 5) is 20.4. The molecular formula is C5H7IO4. The lowest BCUT2D eigenvalue weighted by Crippen LogP contribution is -2.05. The van der Waals surface area contributed by atoms with E-state index in [-0.39, 0.29) is 17.5 Å². The summed E-state index contributed by atoms with van der Waals surface area (Å²) < 4.78 is 4.75. The second-order valence-electron chi connectivity index (χ2n) is 1.52. The number of halogens is 1. The lowest BCUT2D eigenvalue weighted by molar-refractivity contribution is -0.145. The SMILES string of the molecule is O=C(O)CCC(=O)OCI. The number of rotatable bonds is 4. The minimum absolute atomic E-state index is 0.0433. The molecule has 0 atom stereocenters. The predicted octanol–water partition coefficient (Wildman–Crippen LogP) is 0.787. The fraction of sp³-hybridized carbons (Fsp3) is 0.600. The molecule has 4 nitrogen and oxygen atoms in total. The molecule has 0 unspecified atom stereocenters. The zero-order chi connectivity index (χ0) is 7.98. The molecule has 0 saturated carbocycles. The minimum Gasteiger partial charge on any atom is -0.481 e. The van der Waals surface area contributed by atoms with Crippen molar-refractivity contribution in [3.63, 3.8) is 0 Å². The summed E-state index contributed by atoms with van der Waals surface area (Å²) in [6.07, 6.45) is -0.201. The van der Waals surface area contributed by atoms with Gasteiger partial charge in [0, 0.05) is 0 Å². The molecule has 0 spiro atoms. The topological polar surface area (TPSA) is 63.6 Å². The average Bonchev–Trinajstić information content (AvgIpc) is 1.85. The summed E-state index contributed by atoms with van der Waals surface area (Å²) >= 11 is 1.87. The molecule has 5 heteroatoms. The fourth-order valence-corrected chi connectivity index (χ4v) is 0.689. The maximum absolute atomic E-state index is 10.5. The standard InChI is InChI=1S/C5H7IO4/c6-3-10-5(9)2-1-4(7)8/h1-3H2,(H,7,8). The van der Waals surface area contributed by atoms with E-state index >= 15 is 0 Å². The van der Waals surface area contributed by atoms with Crippen LogP contribution in [0.2, 0.25) is 0 Å². The largest absolute Gasteiger partial charge is 0.481 e. The maximum atomic E-state index is 10.5. The van der Waals surface area contributed by atoms with E-state index in [0.29, 0.717) is 0 Å². The van der Waals surface area contributed by atoms with Gasteiger partial charge in [-0.05, 0) is 22.6 Å². The maximum Gasteiger partial charge on any atom is 0.307 e. The lowest BCUT2D eigenvalue weighted by Gasteiger charge is -1.96. The van der Waals surface area contributed by atoms with E-state index in [0.717, 1.165) is 0 Å². The quantitative estimate of drug-likeness (QED) is 0.460. The third-order valence-corrected chi connectivity index (χ3v) is 1.07. The summed E-state index contributed by atoms with van der Waals surface area (Å²) in [6, 6.07) is 0. The minimum atomic E-state index is -0.981. The Kier molecular flexibility index (Phi) is 5.27. The number of carboxylic acids is 1. The van der Waals surface area contributed by atoms with Gasteiger partial charge in [-0.2, -0.15) is 0 Å². The van der Waals surface area contributed by atoms with Crippen LogP contribution in [-0.2, 0) is 14.3 Å². The Bertz CT molecular complexity index is 134. The molecule has 10 heavy (non-hydrogen) atoms. The molecule has 0 aliphatic heterocycles. The number of carbonyl (C=O) groups is 2. The van der Waals surface area contributed by atoms with Crippen LogP contribution in [0.3, 0.4) is 0 Å². The van der Waals surface area contributed by atoms with Crippen molar-refractivity contribution in [2.75, 3.05) is 4.61 Å². The van der Waals surface area contributed by atoms with E-state index in [4.69, 9.17) is 5.11 Å². The molecule has 0 aliphatic rings. The van der Waals surface area contributed by atoms with Crippen LogP contribution in [0, 0.1) is 0 Å². The Hall–Kier alpha value is -0.330. The van der Waals surface area contributed by atoms with Crippen molar-refractivity contribution in [1.29, 1.82) is 0 Å². The molecule has 0 aromatic carbocycles. The van der Waals surface area contributed by atoms with E-state index in [2.05, 4.69) is 4.74 Å². The molecule has 0 amide bonds. The van der Waals surface area contributed by atoms with Crippen molar-refractivity contribution in [3.05, 3.63) is 0 Å². The highest BCUT2D eigenvalue weighted by Crippen LogP contribution is 1.94. The number of carbonyl (C=O) groups excluding carboxylic acids is 1. The Balaban J connectivity index is 3.30. The van der Waals surface area contributed by atoms with Crippen molar-refractivity contribution in [1.82, 2.24) is 0 Å². The molecule has 0 fully saturated rings. The van der Waals surface area contributed by atoms with Crippen molar-refractivity contribution in [2.24, 2.45) is 0 Å². The molecule has 58 valence electrons. The third-order valence-electron chi connectivity index (χ3n) is 0.759. The highest BCUT2D eigenvalue weighted by Gasteiger charge is 2.04. The fourth-order valence-electron chi connectivity index (χ4n) is 0.342. The Morgan fingerprint density at radius 3 is 2.40 bits per heavy atom. The van der Waals surface area contributed by atoms with Gasteiger partial charge < -0.3 is 9.84 Å². The number of esters is 1. The van der Waals surface area contributed by atoms with Gasteiger partial charge in [0.05, 0.1) is 12.8 Å². The first-order chi connectivity index (χ1) is 4.66. The smallest absolute Gasteiger partial charge is 0.307 e. The van der Waals surface area contributed by atoms with Gasteiger partial charge in [0.1, 0.15) is 4.61 Å². The summed E-state index contributed by atoms with van der Waals surface area (Å²) in [5.74, 6) is -1.44. The van der Waals surface area contributed by atoms with Crippen LogP contribution in [0.25, 0.3) is 0 Å². The number of aliphatic carboxylic acids is 1.